The molecule has 1 saturated heterocycles. The van der Waals surface area contributed by atoms with Gasteiger partial charge in [-0.3, -0.25) is 4.90 Å². The predicted molar refractivity (Wildman–Crippen MR) is 125 cm³/mol. The average molecular weight is 432 g/mol. The number of carbonyl (C=O) groups excluding carboxylic acids is 1. The van der Waals surface area contributed by atoms with Crippen molar-refractivity contribution in [3.8, 4) is 11.5 Å². The van der Waals surface area contributed by atoms with Crippen LogP contribution in [0.1, 0.15) is 29.8 Å². The van der Waals surface area contributed by atoms with Gasteiger partial charge in [0.05, 0.1) is 6.10 Å². The molecule has 0 radical (unpaired) electrons. The van der Waals surface area contributed by atoms with Crippen LogP contribution in [0.2, 0.25) is 0 Å². The molecule has 0 N–H and O–H groups in total. The number of benzene rings is 2. The Morgan fingerprint density at radius 2 is 1.59 bits per heavy atom. The summed E-state index contributed by atoms with van der Waals surface area (Å²) in [5, 5.41) is 0. The Hall–Kier alpha value is -3.38. The lowest BCUT2D eigenvalue weighted by atomic mass is 10.1. The summed E-state index contributed by atoms with van der Waals surface area (Å²) in [4.78, 5) is 22.2. The van der Waals surface area contributed by atoms with Gasteiger partial charge in [-0.05, 0) is 31.5 Å². The molecule has 166 valence electrons. The summed E-state index contributed by atoms with van der Waals surface area (Å²) in [6.45, 7) is 7.93. The minimum Gasteiger partial charge on any atom is -0.459 e. The Kier molecular flexibility index (Phi) is 7.02. The molecule has 1 aromatic heterocycles. The Balaban J connectivity index is 1.55. The Morgan fingerprint density at radius 1 is 0.938 bits per heavy atom. The predicted octanol–water partition coefficient (Wildman–Crippen LogP) is 4.76. The van der Waals surface area contributed by atoms with E-state index in [1.165, 1.54) is 5.56 Å². The van der Waals surface area contributed by atoms with Crippen LogP contribution in [0.15, 0.2) is 72.9 Å². The van der Waals surface area contributed by atoms with E-state index < -0.39 is 5.97 Å². The maximum absolute atomic E-state index is 13.1. The van der Waals surface area contributed by atoms with Crippen molar-refractivity contribution in [2.75, 3.05) is 31.1 Å². The summed E-state index contributed by atoms with van der Waals surface area (Å²) in [6, 6.07) is 21.6. The number of esters is 1. The zero-order chi connectivity index (χ0) is 22.3. The van der Waals surface area contributed by atoms with Crippen LogP contribution in [0.5, 0.6) is 11.5 Å². The Bertz CT molecular complexity index is 1020. The zero-order valence-electron chi connectivity index (χ0n) is 18.6. The van der Waals surface area contributed by atoms with Gasteiger partial charge in [0, 0.05) is 45.0 Å². The van der Waals surface area contributed by atoms with Crippen molar-refractivity contribution >= 4 is 11.8 Å². The highest BCUT2D eigenvalue weighted by Crippen LogP contribution is 2.32. The van der Waals surface area contributed by atoms with Crippen molar-refractivity contribution in [2.24, 2.45) is 0 Å². The first kappa shape index (κ1) is 21.8. The minimum absolute atomic E-state index is 0.233. The number of anilines is 1. The average Bonchev–Trinajstić information content (AvgIpc) is 2.80. The fourth-order valence-corrected chi connectivity index (χ4v) is 3.80. The second-order valence-corrected chi connectivity index (χ2v) is 8.13. The van der Waals surface area contributed by atoms with Crippen molar-refractivity contribution in [1.82, 2.24) is 9.88 Å². The maximum atomic E-state index is 13.1. The van der Waals surface area contributed by atoms with E-state index in [0.29, 0.717) is 22.9 Å². The molecule has 1 aliphatic rings. The van der Waals surface area contributed by atoms with Gasteiger partial charge < -0.3 is 14.4 Å². The summed E-state index contributed by atoms with van der Waals surface area (Å²) >= 11 is 0. The highest BCUT2D eigenvalue weighted by Gasteiger charge is 2.27. The van der Waals surface area contributed by atoms with Crippen molar-refractivity contribution in [1.29, 1.82) is 0 Å². The monoisotopic (exact) mass is 431 g/mol. The smallest absolute Gasteiger partial charge is 0.346 e. The molecule has 6 nitrogen and oxygen atoms in total. The van der Waals surface area contributed by atoms with Gasteiger partial charge >= 0.3 is 5.97 Å². The largest absolute Gasteiger partial charge is 0.459 e. The summed E-state index contributed by atoms with van der Waals surface area (Å²) in [5.41, 5.74) is 1.68. The molecule has 1 aliphatic heterocycles. The van der Waals surface area contributed by atoms with Gasteiger partial charge in [-0.15, -0.1) is 0 Å². The maximum Gasteiger partial charge on any atom is 0.346 e. The van der Waals surface area contributed by atoms with Gasteiger partial charge in [0.15, 0.2) is 0 Å². The van der Waals surface area contributed by atoms with Crippen LogP contribution >= 0.6 is 0 Å². The molecule has 32 heavy (non-hydrogen) atoms. The second kappa shape index (κ2) is 10.3. The van der Waals surface area contributed by atoms with Crippen LogP contribution in [0.4, 0.5) is 5.82 Å². The first-order chi connectivity index (χ1) is 15.6. The molecule has 0 amide bonds. The molecule has 0 atom stereocenters. The van der Waals surface area contributed by atoms with Crippen molar-refractivity contribution in [3.63, 3.8) is 0 Å². The number of hydrogen-bond acceptors (Lipinski definition) is 6. The first-order valence-corrected chi connectivity index (χ1v) is 11.0. The number of piperazine rings is 1. The number of aromatic nitrogens is 1. The Morgan fingerprint density at radius 3 is 2.25 bits per heavy atom. The number of nitrogens with zero attached hydrogens (tertiary/aromatic N) is 3. The summed E-state index contributed by atoms with van der Waals surface area (Å²) in [5.74, 6) is 1.32. The third kappa shape index (κ3) is 5.45. The number of para-hydroxylation sites is 1. The van der Waals surface area contributed by atoms with Crippen LogP contribution in [-0.2, 0) is 11.3 Å². The lowest BCUT2D eigenvalue weighted by molar-refractivity contribution is 0.0375. The molecule has 1 fully saturated rings. The fourth-order valence-electron chi connectivity index (χ4n) is 3.80. The van der Waals surface area contributed by atoms with Crippen LogP contribution in [0.25, 0.3) is 0 Å². The van der Waals surface area contributed by atoms with E-state index in [9.17, 15) is 4.79 Å². The van der Waals surface area contributed by atoms with E-state index in [1.807, 2.05) is 50.2 Å². The summed E-state index contributed by atoms with van der Waals surface area (Å²) < 4.78 is 11.6. The van der Waals surface area contributed by atoms with Crippen LogP contribution in [-0.4, -0.2) is 48.1 Å². The fraction of sp³-hybridized carbons (Fsp3) is 0.308. The molecule has 6 heteroatoms. The topological polar surface area (TPSA) is 54.9 Å². The van der Waals surface area contributed by atoms with Gasteiger partial charge in [-0.1, -0.05) is 48.5 Å². The number of carbonyl (C=O) groups is 1. The molecule has 4 rings (SSSR count). The van der Waals surface area contributed by atoms with E-state index in [0.717, 1.165) is 32.7 Å². The summed E-state index contributed by atoms with van der Waals surface area (Å²) in [7, 11) is 0. The molecule has 0 unspecified atom stereocenters. The van der Waals surface area contributed by atoms with Gasteiger partial charge in [0.1, 0.15) is 22.9 Å². The minimum atomic E-state index is -0.416. The number of hydrogen-bond donors (Lipinski definition) is 0. The number of ether oxygens (including phenoxy) is 2. The SMILES string of the molecule is CC(C)OC(=O)c1c(Oc2ccccc2)ccnc1N1CCN(Cc2ccccc2)CC1. The molecular formula is C26H29N3O3. The summed E-state index contributed by atoms with van der Waals surface area (Å²) in [6.07, 6.45) is 1.46. The van der Waals surface area contributed by atoms with Crippen LogP contribution in [0.3, 0.4) is 0 Å². The van der Waals surface area contributed by atoms with E-state index in [-0.39, 0.29) is 6.10 Å². The van der Waals surface area contributed by atoms with Gasteiger partial charge in [-0.25, -0.2) is 9.78 Å². The third-order valence-electron chi connectivity index (χ3n) is 5.33. The lowest BCUT2D eigenvalue weighted by Gasteiger charge is -2.36. The van der Waals surface area contributed by atoms with E-state index in [2.05, 4.69) is 39.0 Å². The highest BCUT2D eigenvalue weighted by atomic mass is 16.5. The van der Waals surface area contributed by atoms with Crippen LogP contribution < -0.4 is 9.64 Å². The van der Waals surface area contributed by atoms with Crippen molar-refractivity contribution in [3.05, 3.63) is 84.1 Å². The van der Waals surface area contributed by atoms with Gasteiger partial charge in [0.2, 0.25) is 0 Å². The molecule has 3 aromatic rings. The number of rotatable bonds is 7. The number of pyridine rings is 1. The molecule has 2 heterocycles. The van der Waals surface area contributed by atoms with Crippen LogP contribution in [0, 0.1) is 0 Å². The normalized spacial score (nSPS) is 14.4. The molecule has 0 aliphatic carbocycles. The Labute approximate surface area is 189 Å². The van der Waals surface area contributed by atoms with E-state index >= 15 is 0 Å². The van der Waals surface area contributed by atoms with E-state index in [1.54, 1.807) is 12.3 Å². The van der Waals surface area contributed by atoms with Crippen molar-refractivity contribution in [2.45, 2.75) is 26.5 Å². The second-order valence-electron chi connectivity index (χ2n) is 8.13. The molecular weight excluding hydrogens is 402 g/mol. The van der Waals surface area contributed by atoms with E-state index in [4.69, 9.17) is 9.47 Å². The third-order valence-corrected chi connectivity index (χ3v) is 5.33. The van der Waals surface area contributed by atoms with Crippen molar-refractivity contribution < 1.29 is 14.3 Å². The standard InChI is InChI=1S/C26H29N3O3/c1-20(2)31-26(30)24-23(32-22-11-7-4-8-12-22)13-14-27-25(24)29-17-15-28(16-18-29)19-21-9-5-3-6-10-21/h3-14,20H,15-19H2,1-2H3. The molecule has 0 spiro atoms. The zero-order valence-corrected chi connectivity index (χ0v) is 18.6. The van der Waals surface area contributed by atoms with Gasteiger partial charge in [-0.2, -0.15) is 0 Å². The first-order valence-electron chi connectivity index (χ1n) is 11.0. The highest BCUT2D eigenvalue weighted by molar-refractivity contribution is 5.98. The molecule has 0 saturated carbocycles. The van der Waals surface area contributed by atoms with Gasteiger partial charge in [0.25, 0.3) is 0 Å². The molecule has 2 aromatic carbocycles. The lowest BCUT2D eigenvalue weighted by Crippen LogP contribution is -2.46. The quantitative estimate of drug-likeness (QED) is 0.503. The molecule has 0 bridgehead atoms.